The summed E-state index contributed by atoms with van der Waals surface area (Å²) >= 11 is 0. The van der Waals surface area contributed by atoms with Crippen LogP contribution in [0.25, 0.3) is 22.9 Å². The number of hydrogen-bond acceptors (Lipinski definition) is 13. The molecular weight excluding hydrogens is 1140 g/mol. The van der Waals surface area contributed by atoms with Crippen LogP contribution in [-0.4, -0.2) is 126 Å². The molecule has 18 nitrogen and oxygen atoms in total. The zero-order valence-electron chi connectivity index (χ0n) is 45.9. The van der Waals surface area contributed by atoms with E-state index in [-0.39, 0.29) is 49.3 Å². The summed E-state index contributed by atoms with van der Waals surface area (Å²) in [6.07, 6.45) is 0. The Morgan fingerprint density at radius 2 is 0.500 bits per heavy atom. The third kappa shape index (κ3) is 13.2. The molecule has 1 aliphatic rings. The zero-order valence-corrected chi connectivity index (χ0v) is 50.0. The second-order valence-electron chi connectivity index (χ2n) is 20.2. The van der Waals surface area contributed by atoms with Gasteiger partial charge in [-0.2, -0.15) is 21.5 Å². The second-order valence-corrected chi connectivity index (χ2v) is 29.9. The van der Waals surface area contributed by atoms with Crippen molar-refractivity contribution in [3.8, 4) is 22.9 Å². The van der Waals surface area contributed by atoms with E-state index >= 15 is 42.1 Å². The third-order valence-electron chi connectivity index (χ3n) is 14.3. The Morgan fingerprint density at radius 1 is 0.293 bits per heavy atom. The van der Waals surface area contributed by atoms with Gasteiger partial charge in [0.1, 0.15) is 0 Å². The Kier molecular flexibility index (Phi) is 17.9. The fraction of sp³-hybridized carbons (Fsp3) is 0.254. The van der Waals surface area contributed by atoms with Gasteiger partial charge in [-0.05, 0) is 119 Å². The van der Waals surface area contributed by atoms with Crippen LogP contribution in [0.5, 0.6) is 0 Å². The van der Waals surface area contributed by atoms with Gasteiger partial charge in [0.25, 0.3) is 0 Å². The van der Waals surface area contributed by atoms with Gasteiger partial charge in [-0.25, -0.2) is 42.1 Å². The van der Waals surface area contributed by atoms with Gasteiger partial charge in [0.15, 0.2) is 0 Å². The van der Waals surface area contributed by atoms with Crippen LogP contribution in [0.2, 0.25) is 0 Å². The molecule has 23 heteroatoms. The van der Waals surface area contributed by atoms with Gasteiger partial charge in [-0.15, -0.1) is 10.2 Å². The number of nitrogens with zero attached hydrogens (tertiary/aromatic N) is 7. The van der Waals surface area contributed by atoms with E-state index in [4.69, 9.17) is 4.42 Å². The first kappa shape index (κ1) is 59.8. The van der Waals surface area contributed by atoms with Crippen molar-refractivity contribution in [3.63, 3.8) is 0 Å². The SMILES string of the molecule is Cc1ccc(S(=O)(=O)N2CCN(S(=O)(=O)c3ccc(C)cc3)CCN(S(=O)(=O)c3ccc(C)cc3)Cc3ccccc3-c3nnc(o3)-c3ccccc3CN(S(=O)(=O)c3ccc(C)cc3)CCN(S(=O)(=O)c3ccc(C)cc3)CC2)cc1. The quantitative estimate of drug-likeness (QED) is 0.125. The average molecular weight is 1210 g/mol. The molecule has 0 atom stereocenters. The standard InChI is InChI=1S/C59H63N7O11S5/c1-44-14-24-51(25-15-44)78(67,68)62-34-36-63(79(69,70)52-26-16-45(2)17-27-52)38-40-65(81(73,74)54-30-20-47(4)21-31-54)42-49-10-6-8-12-56(49)58-60-61-59(77-58)57-13-9-7-11-50(57)43-66(82(75,76)55-32-22-48(5)23-33-55)41-39-64(37-35-62)80(71,72)53-28-18-46(3)19-29-53/h6-33H,34-43H2,1-5H3. The van der Waals surface area contributed by atoms with Gasteiger partial charge in [0.2, 0.25) is 61.9 Å². The van der Waals surface area contributed by atoms with Crippen LogP contribution in [0.15, 0.2) is 199 Å². The van der Waals surface area contributed by atoms with Crippen LogP contribution in [0.1, 0.15) is 38.9 Å². The lowest BCUT2D eigenvalue weighted by atomic mass is 10.1. The highest BCUT2D eigenvalue weighted by Crippen LogP contribution is 2.33. The molecular formula is C59H63N7O11S5. The van der Waals surface area contributed by atoms with E-state index in [1.807, 2.05) is 13.8 Å². The minimum absolute atomic E-state index is 0.00484. The van der Waals surface area contributed by atoms with Crippen molar-refractivity contribution in [3.05, 3.63) is 209 Å². The molecule has 0 amide bonds. The summed E-state index contributed by atoms with van der Waals surface area (Å²) in [7, 11) is -22.5. The Balaban J connectivity index is 1.23. The first-order valence-corrected chi connectivity index (χ1v) is 33.5. The van der Waals surface area contributed by atoms with Crippen molar-refractivity contribution in [1.29, 1.82) is 0 Å². The number of fused-ring (bicyclic) bond motifs is 6. The molecule has 1 aliphatic heterocycles. The lowest BCUT2D eigenvalue weighted by molar-refractivity contribution is 0.292. The molecule has 0 spiro atoms. The van der Waals surface area contributed by atoms with E-state index in [9.17, 15) is 0 Å². The molecule has 8 aromatic rings. The van der Waals surface area contributed by atoms with Crippen molar-refractivity contribution in [2.24, 2.45) is 0 Å². The molecule has 430 valence electrons. The van der Waals surface area contributed by atoms with Gasteiger partial charge in [-0.3, -0.25) is 0 Å². The van der Waals surface area contributed by atoms with Crippen LogP contribution < -0.4 is 0 Å². The molecule has 0 aliphatic carbocycles. The molecule has 1 aromatic heterocycles. The molecule has 0 N–H and O–H groups in total. The summed E-state index contributed by atoms with van der Waals surface area (Å²) in [5.41, 5.74) is 5.40. The van der Waals surface area contributed by atoms with Gasteiger partial charge < -0.3 is 4.42 Å². The number of aryl methyl sites for hydroxylation is 5. The van der Waals surface area contributed by atoms with E-state index in [1.54, 1.807) is 130 Å². The maximum absolute atomic E-state index is 15.1. The van der Waals surface area contributed by atoms with E-state index in [0.29, 0.717) is 22.3 Å². The summed E-state index contributed by atoms with van der Waals surface area (Å²) in [5.74, 6) is -0.00969. The van der Waals surface area contributed by atoms with E-state index in [2.05, 4.69) is 10.2 Å². The minimum atomic E-state index is -4.58. The Hall–Kier alpha value is -6.77. The van der Waals surface area contributed by atoms with Crippen LogP contribution >= 0.6 is 0 Å². The van der Waals surface area contributed by atoms with Crippen molar-refractivity contribution < 1.29 is 46.5 Å². The summed E-state index contributed by atoms with van der Waals surface area (Å²) in [6, 6.07) is 44.1. The zero-order chi connectivity index (χ0) is 58.6. The first-order valence-electron chi connectivity index (χ1n) is 26.3. The molecule has 2 heterocycles. The van der Waals surface area contributed by atoms with E-state index < -0.39 is 102 Å². The van der Waals surface area contributed by atoms with Gasteiger partial charge in [0.05, 0.1) is 24.5 Å². The van der Waals surface area contributed by atoms with Crippen LogP contribution in [0.3, 0.4) is 0 Å². The van der Waals surface area contributed by atoms with Gasteiger partial charge >= 0.3 is 0 Å². The smallest absolute Gasteiger partial charge is 0.248 e. The number of aromatic nitrogens is 2. The molecule has 7 aromatic carbocycles. The van der Waals surface area contributed by atoms with Crippen LogP contribution in [0.4, 0.5) is 0 Å². The number of sulfonamides is 5. The Labute approximate surface area is 481 Å². The van der Waals surface area contributed by atoms with Crippen molar-refractivity contribution >= 4 is 50.1 Å². The van der Waals surface area contributed by atoms with E-state index in [1.165, 1.54) is 60.7 Å². The fourth-order valence-electron chi connectivity index (χ4n) is 9.37. The summed E-state index contributed by atoms with van der Waals surface area (Å²) in [5, 5.41) is 8.83. The molecule has 0 saturated carbocycles. The maximum atomic E-state index is 15.1. The molecule has 82 heavy (non-hydrogen) atoms. The van der Waals surface area contributed by atoms with Crippen LogP contribution in [0, 0.1) is 34.6 Å². The summed E-state index contributed by atoms with van der Waals surface area (Å²) in [4.78, 5) is -0.572. The van der Waals surface area contributed by atoms with Gasteiger partial charge in [-0.1, -0.05) is 125 Å². The highest BCUT2D eigenvalue weighted by molar-refractivity contribution is 7.90. The number of rotatable bonds is 10. The highest BCUT2D eigenvalue weighted by Gasteiger charge is 2.36. The molecule has 2 bridgehead atoms. The predicted molar refractivity (Wildman–Crippen MR) is 313 cm³/mol. The summed E-state index contributed by atoms with van der Waals surface area (Å²) in [6.45, 7) is 4.33. The fourth-order valence-corrected chi connectivity index (χ4v) is 16.5. The Bertz CT molecular complexity index is 3920. The predicted octanol–water partition coefficient (Wildman–Crippen LogP) is 8.41. The lowest BCUT2D eigenvalue weighted by Gasteiger charge is -2.31. The molecule has 9 rings (SSSR count). The highest BCUT2D eigenvalue weighted by atomic mass is 32.2. The van der Waals surface area contributed by atoms with Crippen LogP contribution in [-0.2, 0) is 63.2 Å². The Morgan fingerprint density at radius 3 is 0.744 bits per heavy atom. The summed E-state index contributed by atoms with van der Waals surface area (Å²) < 4.78 is 162. The second kappa shape index (κ2) is 24.6. The van der Waals surface area contributed by atoms with Crippen molar-refractivity contribution in [1.82, 2.24) is 31.7 Å². The average Bonchev–Trinajstić information content (AvgIpc) is 4.01. The maximum Gasteiger partial charge on any atom is 0.248 e. The molecule has 0 saturated heterocycles. The monoisotopic (exact) mass is 1210 g/mol. The van der Waals surface area contributed by atoms with Crippen molar-refractivity contribution in [2.75, 3.05) is 52.4 Å². The number of benzene rings is 7. The minimum Gasteiger partial charge on any atom is -0.416 e. The van der Waals surface area contributed by atoms with Crippen molar-refractivity contribution in [2.45, 2.75) is 72.2 Å². The third-order valence-corrected chi connectivity index (χ3v) is 23.8. The number of hydrogen-bond donors (Lipinski definition) is 0. The lowest BCUT2D eigenvalue weighted by Crippen LogP contribution is -2.47. The first-order chi connectivity index (χ1) is 38.9. The van der Waals surface area contributed by atoms with Gasteiger partial charge in [0, 0.05) is 76.6 Å². The normalized spacial score (nSPS) is 16.1. The van der Waals surface area contributed by atoms with E-state index in [0.717, 1.165) is 49.3 Å². The molecule has 0 fully saturated rings. The largest absolute Gasteiger partial charge is 0.416 e. The molecule has 0 radical (unpaired) electrons. The molecule has 0 unspecified atom stereocenters. The topological polar surface area (TPSA) is 226 Å².